The number of aromatic nitrogens is 1. The predicted molar refractivity (Wildman–Crippen MR) is 74.3 cm³/mol. The lowest BCUT2D eigenvalue weighted by Crippen LogP contribution is -2.07. The Bertz CT molecular complexity index is 496. The molecule has 0 radical (unpaired) electrons. The van der Waals surface area contributed by atoms with E-state index in [1.54, 1.807) is 13.3 Å². The maximum absolute atomic E-state index is 5.79. The van der Waals surface area contributed by atoms with Gasteiger partial charge in [0.05, 0.1) is 12.1 Å². The third-order valence-corrected chi connectivity index (χ3v) is 2.93. The minimum absolute atomic E-state index is 0.171. The van der Waals surface area contributed by atoms with Crippen molar-refractivity contribution < 1.29 is 4.74 Å². The van der Waals surface area contributed by atoms with Crippen molar-refractivity contribution in [1.82, 2.24) is 4.98 Å². The second kappa shape index (κ2) is 5.74. The van der Waals surface area contributed by atoms with E-state index < -0.39 is 0 Å². The van der Waals surface area contributed by atoms with Crippen LogP contribution in [0, 0.1) is 0 Å². The molecule has 1 unspecified atom stereocenters. The fourth-order valence-corrected chi connectivity index (χ4v) is 1.77. The molecule has 1 N–H and O–H groups in total. The topological polar surface area (TPSA) is 34.1 Å². The molecule has 0 saturated heterocycles. The highest BCUT2D eigenvalue weighted by Crippen LogP contribution is 2.21. The fourth-order valence-electron chi connectivity index (χ4n) is 1.66. The third kappa shape index (κ3) is 3.14. The van der Waals surface area contributed by atoms with Gasteiger partial charge in [-0.05, 0) is 36.8 Å². The van der Waals surface area contributed by atoms with Gasteiger partial charge in [-0.3, -0.25) is 0 Å². The van der Waals surface area contributed by atoms with Gasteiger partial charge in [0.2, 0.25) is 0 Å². The van der Waals surface area contributed by atoms with Crippen molar-refractivity contribution in [2.24, 2.45) is 0 Å². The molecule has 94 valence electrons. The van der Waals surface area contributed by atoms with Gasteiger partial charge in [-0.15, -0.1) is 0 Å². The van der Waals surface area contributed by atoms with Gasteiger partial charge in [-0.1, -0.05) is 23.7 Å². The lowest BCUT2D eigenvalue weighted by molar-refractivity contribution is 0.414. The Morgan fingerprint density at radius 2 is 1.89 bits per heavy atom. The molecule has 0 amide bonds. The van der Waals surface area contributed by atoms with Crippen molar-refractivity contribution >= 4 is 17.4 Å². The summed E-state index contributed by atoms with van der Waals surface area (Å²) >= 11 is 5.79. The Morgan fingerprint density at radius 1 is 1.17 bits per heavy atom. The number of ether oxygens (including phenoxy) is 1. The van der Waals surface area contributed by atoms with Crippen LogP contribution in [-0.2, 0) is 0 Å². The van der Waals surface area contributed by atoms with Gasteiger partial charge < -0.3 is 10.1 Å². The van der Waals surface area contributed by atoms with Crippen LogP contribution in [0.25, 0.3) is 0 Å². The van der Waals surface area contributed by atoms with Crippen molar-refractivity contribution in [3.63, 3.8) is 0 Å². The monoisotopic (exact) mass is 262 g/mol. The highest BCUT2D eigenvalue weighted by atomic mass is 35.5. The van der Waals surface area contributed by atoms with E-state index in [1.165, 1.54) is 5.56 Å². The maximum atomic E-state index is 5.79. The maximum Gasteiger partial charge on any atom is 0.126 e. The van der Waals surface area contributed by atoms with Gasteiger partial charge in [0, 0.05) is 12.2 Å². The fraction of sp³-hybridized carbons (Fsp3) is 0.214. The van der Waals surface area contributed by atoms with Crippen LogP contribution in [0.2, 0.25) is 5.02 Å². The summed E-state index contributed by atoms with van der Waals surface area (Å²) in [5.74, 6) is 1.67. The molecule has 1 atom stereocenters. The van der Waals surface area contributed by atoms with Gasteiger partial charge in [0.15, 0.2) is 0 Å². The molecule has 1 heterocycles. The van der Waals surface area contributed by atoms with Gasteiger partial charge >= 0.3 is 0 Å². The Hall–Kier alpha value is -1.74. The molecule has 0 aliphatic carbocycles. The van der Waals surface area contributed by atoms with Crippen LogP contribution in [0.15, 0.2) is 42.6 Å². The number of methoxy groups -OCH3 is 1. The molecule has 1 aromatic carbocycles. The largest absolute Gasteiger partial charge is 0.497 e. The van der Waals surface area contributed by atoms with E-state index in [9.17, 15) is 0 Å². The normalized spacial score (nSPS) is 11.9. The molecule has 18 heavy (non-hydrogen) atoms. The lowest BCUT2D eigenvalue weighted by atomic mass is 10.1. The van der Waals surface area contributed by atoms with Crippen LogP contribution >= 0.6 is 11.6 Å². The molecule has 3 nitrogen and oxygen atoms in total. The molecular formula is C14H15ClN2O. The number of hydrogen-bond donors (Lipinski definition) is 1. The minimum Gasteiger partial charge on any atom is -0.497 e. The molecule has 2 aromatic rings. The summed E-state index contributed by atoms with van der Waals surface area (Å²) in [5, 5.41) is 3.95. The number of benzene rings is 1. The van der Waals surface area contributed by atoms with Gasteiger partial charge in [0.25, 0.3) is 0 Å². The van der Waals surface area contributed by atoms with Crippen LogP contribution in [0.3, 0.4) is 0 Å². The Labute approximate surface area is 112 Å². The summed E-state index contributed by atoms with van der Waals surface area (Å²) in [6.07, 6.45) is 1.63. The van der Waals surface area contributed by atoms with Gasteiger partial charge in [-0.25, -0.2) is 4.98 Å². The van der Waals surface area contributed by atoms with Crippen molar-refractivity contribution in [3.05, 3.63) is 53.2 Å². The molecule has 0 aliphatic heterocycles. The Kier molecular flexibility index (Phi) is 4.05. The summed E-state index contributed by atoms with van der Waals surface area (Å²) in [4.78, 5) is 4.21. The van der Waals surface area contributed by atoms with Crippen LogP contribution in [0.5, 0.6) is 5.75 Å². The van der Waals surface area contributed by atoms with E-state index in [4.69, 9.17) is 16.3 Å². The first-order valence-corrected chi connectivity index (χ1v) is 6.09. The first-order chi connectivity index (χ1) is 8.69. The molecule has 1 aromatic heterocycles. The first-order valence-electron chi connectivity index (χ1n) is 5.71. The molecule has 0 bridgehead atoms. The minimum atomic E-state index is 0.171. The van der Waals surface area contributed by atoms with Crippen LogP contribution in [0.1, 0.15) is 18.5 Å². The number of nitrogens with zero attached hydrogens (tertiary/aromatic N) is 1. The molecule has 4 heteroatoms. The molecular weight excluding hydrogens is 248 g/mol. The van der Waals surface area contributed by atoms with Gasteiger partial charge in [-0.2, -0.15) is 0 Å². The number of hydrogen-bond acceptors (Lipinski definition) is 3. The molecule has 2 rings (SSSR count). The smallest absolute Gasteiger partial charge is 0.126 e. The van der Waals surface area contributed by atoms with Gasteiger partial charge in [0.1, 0.15) is 11.6 Å². The van der Waals surface area contributed by atoms with Crippen LogP contribution in [-0.4, -0.2) is 12.1 Å². The van der Waals surface area contributed by atoms with E-state index in [0.29, 0.717) is 5.02 Å². The highest BCUT2D eigenvalue weighted by Gasteiger charge is 2.06. The summed E-state index contributed by atoms with van der Waals surface area (Å²) < 4.78 is 5.13. The second-order valence-electron chi connectivity index (χ2n) is 4.00. The molecule has 0 fully saturated rings. The van der Waals surface area contributed by atoms with E-state index in [-0.39, 0.29) is 6.04 Å². The van der Waals surface area contributed by atoms with E-state index in [2.05, 4.69) is 17.2 Å². The van der Waals surface area contributed by atoms with Crippen molar-refractivity contribution in [2.75, 3.05) is 12.4 Å². The number of anilines is 1. The predicted octanol–water partition coefficient (Wildman–Crippen LogP) is 3.92. The van der Waals surface area contributed by atoms with Crippen LogP contribution in [0.4, 0.5) is 5.82 Å². The standard InChI is InChI=1S/C14H15ClN2O/c1-10(11-3-6-13(18-2)7-4-11)17-14-8-5-12(15)9-16-14/h3-10H,1-2H3,(H,16,17). The summed E-state index contributed by atoms with van der Waals surface area (Å²) in [5.41, 5.74) is 1.17. The zero-order chi connectivity index (χ0) is 13.0. The molecule has 0 saturated carbocycles. The number of nitrogens with one attached hydrogen (secondary N) is 1. The second-order valence-corrected chi connectivity index (χ2v) is 4.44. The Morgan fingerprint density at radius 3 is 2.44 bits per heavy atom. The molecule has 0 spiro atoms. The quantitative estimate of drug-likeness (QED) is 0.907. The third-order valence-electron chi connectivity index (χ3n) is 2.71. The lowest BCUT2D eigenvalue weighted by Gasteiger charge is -2.15. The zero-order valence-corrected chi connectivity index (χ0v) is 11.1. The Balaban J connectivity index is 2.06. The summed E-state index contributed by atoms with van der Waals surface area (Å²) in [6, 6.07) is 11.8. The van der Waals surface area contributed by atoms with E-state index in [1.807, 2.05) is 36.4 Å². The number of rotatable bonds is 4. The van der Waals surface area contributed by atoms with Crippen molar-refractivity contribution in [2.45, 2.75) is 13.0 Å². The summed E-state index contributed by atoms with van der Waals surface area (Å²) in [6.45, 7) is 2.08. The number of halogens is 1. The van der Waals surface area contributed by atoms with Crippen molar-refractivity contribution in [1.29, 1.82) is 0 Å². The first kappa shape index (κ1) is 12.7. The van der Waals surface area contributed by atoms with E-state index in [0.717, 1.165) is 11.6 Å². The number of pyridine rings is 1. The SMILES string of the molecule is COc1ccc(C(C)Nc2ccc(Cl)cn2)cc1. The average molecular weight is 263 g/mol. The zero-order valence-electron chi connectivity index (χ0n) is 10.4. The van der Waals surface area contributed by atoms with E-state index >= 15 is 0 Å². The highest BCUT2D eigenvalue weighted by molar-refractivity contribution is 6.30. The average Bonchev–Trinajstić information content (AvgIpc) is 2.41. The summed E-state index contributed by atoms with van der Waals surface area (Å²) in [7, 11) is 1.66. The molecule has 0 aliphatic rings. The van der Waals surface area contributed by atoms with Crippen molar-refractivity contribution in [3.8, 4) is 5.75 Å². The van der Waals surface area contributed by atoms with Crippen LogP contribution < -0.4 is 10.1 Å².